The van der Waals surface area contributed by atoms with Gasteiger partial charge in [-0.25, -0.2) is 0 Å². The first kappa shape index (κ1) is 11.8. The summed E-state index contributed by atoms with van der Waals surface area (Å²) < 4.78 is 2.34. The van der Waals surface area contributed by atoms with Gasteiger partial charge in [0.15, 0.2) is 0 Å². The van der Waals surface area contributed by atoms with E-state index in [0.29, 0.717) is 0 Å². The van der Waals surface area contributed by atoms with Gasteiger partial charge in [-0.2, -0.15) is 0 Å². The molecule has 0 atom stereocenters. The van der Waals surface area contributed by atoms with Crippen LogP contribution in [-0.4, -0.2) is 29.1 Å². The minimum Gasteiger partial charge on any atom is -0.346 e. The lowest BCUT2D eigenvalue weighted by Gasteiger charge is -2.56. The third kappa shape index (κ3) is 1.98. The van der Waals surface area contributed by atoms with Gasteiger partial charge in [-0.1, -0.05) is 18.0 Å². The summed E-state index contributed by atoms with van der Waals surface area (Å²) in [4.78, 5) is 2.60. The Morgan fingerprint density at radius 2 is 1.95 bits per heavy atom. The molecule has 1 spiro atoms. The van der Waals surface area contributed by atoms with Crippen LogP contribution in [-0.2, 0) is 6.54 Å². The highest BCUT2D eigenvalue weighted by Crippen LogP contribution is 2.47. The highest BCUT2D eigenvalue weighted by Gasteiger charge is 2.46. The summed E-state index contributed by atoms with van der Waals surface area (Å²) in [5, 5.41) is 2.06. The van der Waals surface area contributed by atoms with E-state index >= 15 is 0 Å². The van der Waals surface area contributed by atoms with Crippen molar-refractivity contribution in [2.45, 2.75) is 25.8 Å². The van der Waals surface area contributed by atoms with E-state index < -0.39 is 0 Å². The first-order valence-electron chi connectivity index (χ1n) is 7.21. The molecule has 1 aliphatic carbocycles. The van der Waals surface area contributed by atoms with Crippen LogP contribution >= 0.6 is 11.6 Å². The minimum atomic E-state index is 0.742. The van der Waals surface area contributed by atoms with Gasteiger partial charge in [-0.15, -0.1) is 0 Å². The SMILES string of the molecule is Clc1ccc2c(ccn2CCN2CC3(CCC3)C2)c1. The number of hydrogen-bond acceptors (Lipinski definition) is 1. The van der Waals surface area contributed by atoms with E-state index in [1.165, 1.54) is 49.8 Å². The van der Waals surface area contributed by atoms with Gasteiger partial charge >= 0.3 is 0 Å². The average molecular weight is 275 g/mol. The van der Waals surface area contributed by atoms with Crippen LogP contribution in [0.5, 0.6) is 0 Å². The first-order chi connectivity index (χ1) is 9.24. The maximum atomic E-state index is 6.02. The Labute approximate surface area is 119 Å². The van der Waals surface area contributed by atoms with Crippen molar-refractivity contribution in [2.75, 3.05) is 19.6 Å². The summed E-state index contributed by atoms with van der Waals surface area (Å²) in [6.45, 7) is 4.92. The quantitative estimate of drug-likeness (QED) is 0.827. The molecule has 0 N–H and O–H groups in total. The average Bonchev–Trinajstić information content (AvgIpc) is 2.67. The number of halogens is 1. The Balaban J connectivity index is 1.42. The van der Waals surface area contributed by atoms with Crippen LogP contribution in [0.1, 0.15) is 19.3 Å². The van der Waals surface area contributed by atoms with E-state index in [1.807, 2.05) is 12.1 Å². The van der Waals surface area contributed by atoms with E-state index in [4.69, 9.17) is 11.6 Å². The molecule has 0 amide bonds. The summed E-state index contributed by atoms with van der Waals surface area (Å²) >= 11 is 6.02. The summed E-state index contributed by atoms with van der Waals surface area (Å²) in [5.41, 5.74) is 2.04. The van der Waals surface area contributed by atoms with Crippen LogP contribution in [0.3, 0.4) is 0 Å². The van der Waals surface area contributed by atoms with Crippen LogP contribution in [0.25, 0.3) is 10.9 Å². The Morgan fingerprint density at radius 1 is 1.11 bits per heavy atom. The van der Waals surface area contributed by atoms with Gasteiger partial charge in [0, 0.05) is 48.3 Å². The second-order valence-corrected chi connectivity index (χ2v) is 6.71. The van der Waals surface area contributed by atoms with E-state index in [0.717, 1.165) is 17.0 Å². The van der Waals surface area contributed by atoms with Gasteiger partial charge in [-0.05, 0) is 42.5 Å². The molecular formula is C16H19ClN2. The number of benzene rings is 1. The van der Waals surface area contributed by atoms with Crippen molar-refractivity contribution in [3.05, 3.63) is 35.5 Å². The number of likely N-dealkylation sites (tertiary alicyclic amines) is 1. The van der Waals surface area contributed by atoms with Crippen molar-refractivity contribution in [1.29, 1.82) is 0 Å². The Kier molecular flexibility index (Phi) is 2.64. The molecule has 0 radical (unpaired) electrons. The lowest BCUT2D eigenvalue weighted by molar-refractivity contribution is -0.0606. The molecule has 19 heavy (non-hydrogen) atoms. The number of rotatable bonds is 3. The molecule has 2 heterocycles. The molecule has 1 aromatic carbocycles. The fourth-order valence-electron chi connectivity index (χ4n) is 3.67. The largest absolute Gasteiger partial charge is 0.346 e. The molecule has 1 saturated carbocycles. The summed E-state index contributed by atoms with van der Waals surface area (Å²) in [7, 11) is 0. The van der Waals surface area contributed by atoms with Crippen molar-refractivity contribution in [1.82, 2.24) is 9.47 Å². The zero-order valence-electron chi connectivity index (χ0n) is 11.1. The monoisotopic (exact) mass is 274 g/mol. The predicted octanol–water partition coefficient (Wildman–Crippen LogP) is 3.78. The molecule has 1 aliphatic heterocycles. The van der Waals surface area contributed by atoms with Crippen LogP contribution in [0.15, 0.2) is 30.5 Å². The van der Waals surface area contributed by atoms with Crippen LogP contribution < -0.4 is 0 Å². The third-order valence-electron chi connectivity index (χ3n) is 4.92. The lowest BCUT2D eigenvalue weighted by Crippen LogP contribution is -2.59. The minimum absolute atomic E-state index is 0.742. The second kappa shape index (κ2) is 4.26. The topological polar surface area (TPSA) is 8.17 Å². The fraction of sp³-hybridized carbons (Fsp3) is 0.500. The maximum Gasteiger partial charge on any atom is 0.0481 e. The van der Waals surface area contributed by atoms with Gasteiger partial charge in [0.25, 0.3) is 0 Å². The van der Waals surface area contributed by atoms with E-state index in [2.05, 4.69) is 27.8 Å². The molecule has 2 fully saturated rings. The first-order valence-corrected chi connectivity index (χ1v) is 7.59. The fourth-order valence-corrected chi connectivity index (χ4v) is 3.85. The number of nitrogens with zero attached hydrogens (tertiary/aromatic N) is 2. The number of fused-ring (bicyclic) bond motifs is 1. The van der Waals surface area contributed by atoms with Crippen molar-refractivity contribution < 1.29 is 0 Å². The zero-order valence-corrected chi connectivity index (χ0v) is 11.9. The van der Waals surface area contributed by atoms with Crippen molar-refractivity contribution >= 4 is 22.5 Å². The molecule has 100 valence electrons. The second-order valence-electron chi connectivity index (χ2n) is 6.28. The Hall–Kier alpha value is -0.990. The standard InChI is InChI=1S/C16H19ClN2/c17-14-2-3-15-13(10-14)4-7-19(15)9-8-18-11-16(12-18)5-1-6-16/h2-4,7,10H,1,5-6,8-9,11-12H2. The third-order valence-corrected chi connectivity index (χ3v) is 5.16. The van der Waals surface area contributed by atoms with Gasteiger partial charge in [0.1, 0.15) is 0 Å². The van der Waals surface area contributed by atoms with Crippen LogP contribution in [0.4, 0.5) is 0 Å². The van der Waals surface area contributed by atoms with Gasteiger partial charge in [0.2, 0.25) is 0 Å². The number of aromatic nitrogens is 1. The highest BCUT2D eigenvalue weighted by atomic mass is 35.5. The highest BCUT2D eigenvalue weighted by molar-refractivity contribution is 6.31. The van der Waals surface area contributed by atoms with Crippen molar-refractivity contribution in [2.24, 2.45) is 5.41 Å². The van der Waals surface area contributed by atoms with E-state index in [9.17, 15) is 0 Å². The molecule has 2 aliphatic rings. The zero-order chi connectivity index (χ0) is 12.9. The summed E-state index contributed by atoms with van der Waals surface area (Å²) in [6.07, 6.45) is 6.57. The molecule has 0 bridgehead atoms. The Morgan fingerprint density at radius 3 is 2.68 bits per heavy atom. The number of hydrogen-bond donors (Lipinski definition) is 0. The molecule has 1 saturated heterocycles. The van der Waals surface area contributed by atoms with Gasteiger partial charge < -0.3 is 9.47 Å². The van der Waals surface area contributed by atoms with E-state index in [-0.39, 0.29) is 0 Å². The predicted molar refractivity (Wildman–Crippen MR) is 79.7 cm³/mol. The van der Waals surface area contributed by atoms with Gasteiger partial charge in [-0.3, -0.25) is 0 Å². The molecular weight excluding hydrogens is 256 g/mol. The van der Waals surface area contributed by atoms with Gasteiger partial charge in [0.05, 0.1) is 0 Å². The smallest absolute Gasteiger partial charge is 0.0481 e. The summed E-state index contributed by atoms with van der Waals surface area (Å²) in [6, 6.07) is 8.31. The van der Waals surface area contributed by atoms with Crippen LogP contribution in [0.2, 0.25) is 5.02 Å². The van der Waals surface area contributed by atoms with Crippen molar-refractivity contribution in [3.63, 3.8) is 0 Å². The normalized spacial score (nSPS) is 21.5. The van der Waals surface area contributed by atoms with Crippen molar-refractivity contribution in [3.8, 4) is 0 Å². The molecule has 1 aromatic heterocycles. The molecule has 3 heteroatoms. The molecule has 2 nitrogen and oxygen atoms in total. The maximum absolute atomic E-state index is 6.02. The van der Waals surface area contributed by atoms with Crippen LogP contribution in [0, 0.1) is 5.41 Å². The lowest BCUT2D eigenvalue weighted by atomic mass is 9.63. The van der Waals surface area contributed by atoms with E-state index in [1.54, 1.807) is 0 Å². The Bertz CT molecular complexity index is 604. The molecule has 4 rings (SSSR count). The molecule has 2 aromatic rings. The summed E-state index contributed by atoms with van der Waals surface area (Å²) in [5.74, 6) is 0. The molecule has 0 unspecified atom stereocenters.